The lowest BCUT2D eigenvalue weighted by Gasteiger charge is -2.12. The van der Waals surface area contributed by atoms with E-state index >= 15 is 0 Å². The van der Waals surface area contributed by atoms with Crippen LogP contribution in [-0.2, 0) is 11.2 Å². The summed E-state index contributed by atoms with van der Waals surface area (Å²) in [5.41, 5.74) is 7.48. The van der Waals surface area contributed by atoms with Gasteiger partial charge in [0.05, 0.1) is 10.0 Å². The summed E-state index contributed by atoms with van der Waals surface area (Å²) < 4.78 is 10.3. The van der Waals surface area contributed by atoms with Crippen LogP contribution < -0.4 is 21.0 Å². The second-order valence-electron chi connectivity index (χ2n) is 5.42. The van der Waals surface area contributed by atoms with Crippen molar-refractivity contribution in [2.75, 3.05) is 25.6 Å². The van der Waals surface area contributed by atoms with Crippen molar-refractivity contribution in [1.82, 2.24) is 5.23 Å². The fourth-order valence-corrected chi connectivity index (χ4v) is 2.79. The van der Waals surface area contributed by atoms with E-state index in [0.717, 1.165) is 5.56 Å². The molecule has 0 unspecified atom stereocenters. The summed E-state index contributed by atoms with van der Waals surface area (Å²) in [7, 11) is 2.10. The molecular formula is C17H20BCl2N3O3. The highest BCUT2D eigenvalue weighted by Gasteiger charge is 2.14. The Balaban J connectivity index is 2.03. The monoisotopic (exact) mass is 395 g/mol. The van der Waals surface area contributed by atoms with Crippen molar-refractivity contribution in [2.45, 2.75) is 6.54 Å². The largest absolute Gasteiger partial charge is 0.489 e. The average molecular weight is 396 g/mol. The van der Waals surface area contributed by atoms with Crippen LogP contribution in [0.1, 0.15) is 15.9 Å². The summed E-state index contributed by atoms with van der Waals surface area (Å²) >= 11 is 12.3. The van der Waals surface area contributed by atoms with E-state index in [9.17, 15) is 4.79 Å². The molecule has 0 saturated carbocycles. The molecule has 2 aromatic carbocycles. The summed E-state index contributed by atoms with van der Waals surface area (Å²) in [6.45, 7) is 1.31. The van der Waals surface area contributed by atoms with Crippen LogP contribution in [0.3, 0.4) is 0 Å². The minimum Gasteiger partial charge on any atom is -0.489 e. The van der Waals surface area contributed by atoms with Gasteiger partial charge < -0.3 is 25.7 Å². The van der Waals surface area contributed by atoms with Crippen LogP contribution in [0.4, 0.5) is 5.69 Å². The molecule has 0 aromatic heterocycles. The Morgan fingerprint density at radius 1 is 1.19 bits per heavy atom. The molecule has 0 bridgehead atoms. The molecule has 2 aromatic rings. The first-order valence-electron chi connectivity index (χ1n) is 7.97. The number of benzene rings is 2. The van der Waals surface area contributed by atoms with E-state index in [0.29, 0.717) is 37.7 Å². The molecule has 2 rings (SSSR count). The lowest BCUT2D eigenvalue weighted by atomic mass is 10.1. The Kier molecular flexibility index (Phi) is 8.22. The summed E-state index contributed by atoms with van der Waals surface area (Å²) in [5.74, 6) is 0.00711. The van der Waals surface area contributed by atoms with Crippen LogP contribution in [-0.4, -0.2) is 33.8 Å². The van der Waals surface area contributed by atoms with Gasteiger partial charge in [0.2, 0.25) is 0 Å². The molecule has 6 nitrogen and oxygen atoms in total. The third kappa shape index (κ3) is 5.90. The first-order valence-corrected chi connectivity index (χ1v) is 8.72. The number of ether oxygens (including phenoxy) is 1. The van der Waals surface area contributed by atoms with E-state index in [2.05, 4.69) is 10.5 Å². The summed E-state index contributed by atoms with van der Waals surface area (Å²) in [5, 5.41) is 6.44. The van der Waals surface area contributed by atoms with E-state index < -0.39 is 0 Å². The Morgan fingerprint density at radius 2 is 1.85 bits per heavy atom. The predicted octanol–water partition coefficient (Wildman–Crippen LogP) is 2.59. The molecule has 9 heteroatoms. The Bertz CT molecular complexity index is 722. The lowest BCUT2D eigenvalue weighted by Crippen LogP contribution is -2.20. The van der Waals surface area contributed by atoms with E-state index in [1.54, 1.807) is 7.11 Å². The summed E-state index contributed by atoms with van der Waals surface area (Å²) in [6.07, 6.45) is 0. The molecule has 1 amide bonds. The highest BCUT2D eigenvalue weighted by Crippen LogP contribution is 2.34. The van der Waals surface area contributed by atoms with Crippen LogP contribution >= 0.6 is 23.2 Å². The topological polar surface area (TPSA) is 85.6 Å². The van der Waals surface area contributed by atoms with Crippen LogP contribution in [0.5, 0.6) is 5.75 Å². The van der Waals surface area contributed by atoms with Gasteiger partial charge in [-0.25, -0.2) is 0 Å². The highest BCUT2D eigenvalue weighted by atomic mass is 35.5. The van der Waals surface area contributed by atoms with Crippen molar-refractivity contribution < 1.29 is 14.2 Å². The molecule has 26 heavy (non-hydrogen) atoms. The number of anilines is 1. The molecule has 0 atom stereocenters. The second-order valence-corrected chi connectivity index (χ2v) is 6.23. The number of hydrogen-bond acceptors (Lipinski definition) is 5. The normalized spacial score (nSPS) is 10.5. The minimum atomic E-state index is -0.315. The van der Waals surface area contributed by atoms with Gasteiger partial charge in [-0.3, -0.25) is 4.79 Å². The van der Waals surface area contributed by atoms with Gasteiger partial charge in [0.1, 0.15) is 6.61 Å². The van der Waals surface area contributed by atoms with Gasteiger partial charge >= 0.3 is 7.62 Å². The van der Waals surface area contributed by atoms with Gasteiger partial charge in [-0.1, -0.05) is 35.3 Å². The van der Waals surface area contributed by atoms with Crippen molar-refractivity contribution in [3.05, 3.63) is 57.6 Å². The summed E-state index contributed by atoms with van der Waals surface area (Å²) in [4.78, 5) is 12.4. The number of carbonyl (C=O) groups excluding carboxylic acids is 1. The number of rotatable bonds is 9. The number of amides is 1. The van der Waals surface area contributed by atoms with Crippen LogP contribution in [0.15, 0.2) is 36.4 Å². The van der Waals surface area contributed by atoms with E-state index in [1.807, 2.05) is 24.3 Å². The first kappa shape index (κ1) is 20.5. The number of nitrogens with two attached hydrogens (primary N) is 1. The molecule has 0 aliphatic carbocycles. The summed E-state index contributed by atoms with van der Waals surface area (Å²) in [6, 6.07) is 10.5. The number of nitrogens with one attached hydrogen (secondary N) is 2. The van der Waals surface area contributed by atoms with E-state index in [-0.39, 0.29) is 22.6 Å². The van der Waals surface area contributed by atoms with Gasteiger partial charge in [-0.05, 0) is 29.8 Å². The number of carbonyl (C=O) groups is 1. The van der Waals surface area contributed by atoms with Crippen molar-refractivity contribution in [2.24, 2.45) is 5.73 Å². The van der Waals surface area contributed by atoms with Crippen molar-refractivity contribution in [3.8, 4) is 5.75 Å². The van der Waals surface area contributed by atoms with Gasteiger partial charge in [0.25, 0.3) is 5.91 Å². The maximum Gasteiger partial charge on any atom is 0.360 e. The van der Waals surface area contributed by atoms with Gasteiger partial charge in [0.15, 0.2) is 5.75 Å². The standard InChI is InChI=1S/C17H20BCl2N3O3/c1-25-18-22-10-11-2-4-13(5-3-11)23-17(24)12-8-14(19)16(15(20)9-12)26-7-6-21/h2-5,8-9,18,22H,6-7,10,21H2,1H3,(H,23,24). The van der Waals surface area contributed by atoms with Crippen LogP contribution in [0.2, 0.25) is 10.0 Å². The van der Waals surface area contributed by atoms with Gasteiger partial charge in [-0.2, -0.15) is 0 Å². The Morgan fingerprint density at radius 3 is 2.42 bits per heavy atom. The molecule has 0 aliphatic rings. The van der Waals surface area contributed by atoms with Crippen LogP contribution in [0, 0.1) is 0 Å². The number of hydrogen-bond donors (Lipinski definition) is 3. The average Bonchev–Trinajstić information content (AvgIpc) is 2.62. The molecule has 0 aliphatic heterocycles. The van der Waals surface area contributed by atoms with Crippen LogP contribution in [0.25, 0.3) is 0 Å². The molecule has 0 fully saturated rings. The molecular weight excluding hydrogens is 376 g/mol. The fourth-order valence-electron chi connectivity index (χ4n) is 2.20. The maximum absolute atomic E-state index is 12.4. The van der Waals surface area contributed by atoms with Crippen molar-refractivity contribution >= 4 is 42.4 Å². The predicted molar refractivity (Wildman–Crippen MR) is 106 cm³/mol. The molecule has 0 radical (unpaired) electrons. The third-order valence-electron chi connectivity index (χ3n) is 3.41. The minimum absolute atomic E-state index is 0.260. The van der Waals surface area contributed by atoms with Crippen molar-refractivity contribution in [3.63, 3.8) is 0 Å². The second kappa shape index (κ2) is 10.4. The Labute approximate surface area is 163 Å². The smallest absolute Gasteiger partial charge is 0.360 e. The number of halogens is 2. The quantitative estimate of drug-likeness (QED) is 0.448. The zero-order valence-corrected chi connectivity index (χ0v) is 15.9. The molecule has 4 N–H and O–H groups in total. The van der Waals surface area contributed by atoms with Gasteiger partial charge in [-0.15, -0.1) is 0 Å². The molecule has 0 saturated heterocycles. The SMILES string of the molecule is COBNCc1ccc(NC(=O)c2cc(Cl)c(OCCN)c(Cl)c2)cc1. The molecule has 0 heterocycles. The van der Waals surface area contributed by atoms with E-state index in [1.165, 1.54) is 12.1 Å². The zero-order chi connectivity index (χ0) is 18.9. The van der Waals surface area contributed by atoms with E-state index in [4.69, 9.17) is 38.3 Å². The third-order valence-corrected chi connectivity index (χ3v) is 3.97. The Hall–Kier alpha value is -1.77. The molecule has 138 valence electrons. The lowest BCUT2D eigenvalue weighted by molar-refractivity contribution is 0.102. The van der Waals surface area contributed by atoms with Crippen molar-refractivity contribution in [1.29, 1.82) is 0 Å². The first-order chi connectivity index (χ1) is 12.5. The van der Waals surface area contributed by atoms with Gasteiger partial charge in [0, 0.05) is 31.5 Å². The zero-order valence-electron chi connectivity index (χ0n) is 14.4. The fraction of sp³-hybridized carbons (Fsp3) is 0.235. The molecule has 0 spiro atoms. The maximum atomic E-state index is 12.4. The highest BCUT2D eigenvalue weighted by molar-refractivity contribution is 6.37.